The topological polar surface area (TPSA) is 76.2 Å². The molecule has 2 rings (SSSR count). The smallest absolute Gasteiger partial charge is 0.323 e. The van der Waals surface area contributed by atoms with Gasteiger partial charge < -0.3 is 10.8 Å². The molecule has 3 N–H and O–H groups in total. The van der Waals surface area contributed by atoms with Crippen molar-refractivity contribution in [1.29, 1.82) is 0 Å². The van der Waals surface area contributed by atoms with Crippen LogP contribution in [0.5, 0.6) is 0 Å². The summed E-state index contributed by atoms with van der Waals surface area (Å²) < 4.78 is 1.55. The Hall–Kier alpha value is -2.04. The number of aromatic amines is 1. The highest BCUT2D eigenvalue weighted by atomic mass is 16.1. The molecular formula is C9H10N4O. The molecule has 2 aromatic rings. The van der Waals surface area contributed by atoms with Crippen molar-refractivity contribution in [2.75, 3.05) is 0 Å². The van der Waals surface area contributed by atoms with E-state index in [1.165, 1.54) is 6.21 Å². The molecule has 72 valence electrons. The van der Waals surface area contributed by atoms with Gasteiger partial charge in [-0.2, -0.15) is 5.10 Å². The van der Waals surface area contributed by atoms with Gasteiger partial charge in [0.25, 0.3) is 0 Å². The Kier molecular flexibility index (Phi) is 1.85. The second kappa shape index (κ2) is 3.02. The molecule has 1 aromatic carbocycles. The number of aryl methyl sites for hydroxylation is 1. The maximum atomic E-state index is 11.3. The van der Waals surface area contributed by atoms with Gasteiger partial charge in [0.05, 0.1) is 17.2 Å². The van der Waals surface area contributed by atoms with Crippen LogP contribution in [0.3, 0.4) is 0 Å². The lowest BCUT2D eigenvalue weighted by Crippen LogP contribution is -2.11. The van der Waals surface area contributed by atoms with E-state index >= 15 is 0 Å². The molecule has 0 radical (unpaired) electrons. The molecule has 0 amide bonds. The summed E-state index contributed by atoms with van der Waals surface area (Å²) in [7, 11) is 1.72. The first-order valence-corrected chi connectivity index (χ1v) is 4.14. The minimum atomic E-state index is -0.123. The van der Waals surface area contributed by atoms with Crippen molar-refractivity contribution in [3.05, 3.63) is 34.2 Å². The molecule has 1 aromatic heterocycles. The Balaban J connectivity index is 2.73. The van der Waals surface area contributed by atoms with Crippen molar-refractivity contribution in [1.82, 2.24) is 9.55 Å². The van der Waals surface area contributed by atoms with Crippen molar-refractivity contribution in [3.63, 3.8) is 0 Å². The van der Waals surface area contributed by atoms with Gasteiger partial charge in [0, 0.05) is 7.05 Å². The predicted octanol–water partition coefficient (Wildman–Crippen LogP) is 0.159. The average molecular weight is 190 g/mol. The lowest BCUT2D eigenvalue weighted by molar-refractivity contribution is 0.891. The van der Waals surface area contributed by atoms with Crippen molar-refractivity contribution < 1.29 is 0 Å². The second-order valence-corrected chi connectivity index (χ2v) is 3.04. The summed E-state index contributed by atoms with van der Waals surface area (Å²) in [6, 6.07) is 5.53. The summed E-state index contributed by atoms with van der Waals surface area (Å²) in [5, 5.41) is 3.42. The molecule has 1 heterocycles. The maximum absolute atomic E-state index is 11.3. The van der Waals surface area contributed by atoms with E-state index < -0.39 is 0 Å². The van der Waals surface area contributed by atoms with Crippen molar-refractivity contribution >= 4 is 17.2 Å². The highest BCUT2D eigenvalue weighted by Gasteiger charge is 2.02. The lowest BCUT2D eigenvalue weighted by Gasteiger charge is -1.94. The largest absolute Gasteiger partial charge is 0.326 e. The number of nitrogens with one attached hydrogen (secondary N) is 1. The SMILES string of the molecule is Cn1c(=O)[nH]c2cc(C=NN)ccc21. The van der Waals surface area contributed by atoms with Crippen LogP contribution in [0.25, 0.3) is 11.0 Å². The highest BCUT2D eigenvalue weighted by molar-refractivity contribution is 5.86. The number of H-pyrrole nitrogens is 1. The van der Waals surface area contributed by atoms with Crippen LogP contribution in [0.4, 0.5) is 0 Å². The van der Waals surface area contributed by atoms with Crippen LogP contribution >= 0.6 is 0 Å². The van der Waals surface area contributed by atoms with Gasteiger partial charge in [-0.25, -0.2) is 4.79 Å². The predicted molar refractivity (Wildman–Crippen MR) is 55.3 cm³/mol. The number of rotatable bonds is 1. The highest BCUT2D eigenvalue weighted by Crippen LogP contribution is 2.10. The number of benzene rings is 1. The van der Waals surface area contributed by atoms with E-state index in [0.29, 0.717) is 0 Å². The fourth-order valence-electron chi connectivity index (χ4n) is 1.42. The van der Waals surface area contributed by atoms with Crippen LogP contribution in [0.2, 0.25) is 0 Å². The number of nitrogens with two attached hydrogens (primary N) is 1. The monoisotopic (exact) mass is 190 g/mol. The number of hydrazone groups is 1. The summed E-state index contributed by atoms with van der Waals surface area (Å²) in [6.45, 7) is 0. The molecule has 0 atom stereocenters. The molecule has 0 bridgehead atoms. The van der Waals surface area contributed by atoms with Gasteiger partial charge in [-0.05, 0) is 17.7 Å². The van der Waals surface area contributed by atoms with E-state index in [1.807, 2.05) is 18.2 Å². The quantitative estimate of drug-likeness (QED) is 0.382. The van der Waals surface area contributed by atoms with Crippen LogP contribution in [-0.2, 0) is 7.05 Å². The standard InChI is InChI=1S/C9H10N4O/c1-13-8-3-2-6(5-11-10)4-7(8)12-9(13)14/h2-5H,10H2,1H3,(H,12,14). The summed E-state index contributed by atoms with van der Waals surface area (Å²) in [6.07, 6.45) is 1.53. The molecule has 5 nitrogen and oxygen atoms in total. The molecule has 0 aliphatic carbocycles. The van der Waals surface area contributed by atoms with Gasteiger partial charge in [0.2, 0.25) is 0 Å². The molecule has 0 fully saturated rings. The van der Waals surface area contributed by atoms with E-state index in [-0.39, 0.29) is 5.69 Å². The minimum Gasteiger partial charge on any atom is -0.323 e. The Morgan fingerprint density at radius 2 is 2.36 bits per heavy atom. The maximum Gasteiger partial charge on any atom is 0.326 e. The second-order valence-electron chi connectivity index (χ2n) is 3.04. The van der Waals surface area contributed by atoms with Gasteiger partial charge >= 0.3 is 5.69 Å². The molecule has 0 spiro atoms. The van der Waals surface area contributed by atoms with E-state index in [9.17, 15) is 4.79 Å². The fraction of sp³-hybridized carbons (Fsp3) is 0.111. The Bertz CT molecular complexity index is 549. The summed E-state index contributed by atoms with van der Waals surface area (Å²) in [5.74, 6) is 5.03. The average Bonchev–Trinajstić information content (AvgIpc) is 2.43. The number of hydrogen-bond donors (Lipinski definition) is 2. The third-order valence-electron chi connectivity index (χ3n) is 2.15. The molecule has 0 aliphatic heterocycles. The molecule has 0 unspecified atom stereocenters. The third kappa shape index (κ3) is 1.19. The first kappa shape index (κ1) is 8.55. The van der Waals surface area contributed by atoms with Crippen molar-refractivity contribution in [2.24, 2.45) is 18.0 Å². The van der Waals surface area contributed by atoms with Gasteiger partial charge in [-0.3, -0.25) is 4.57 Å². The number of nitrogens with zero attached hydrogens (tertiary/aromatic N) is 2. The number of fused-ring (bicyclic) bond motifs is 1. The van der Waals surface area contributed by atoms with E-state index in [0.717, 1.165) is 16.6 Å². The van der Waals surface area contributed by atoms with Crippen LogP contribution in [0, 0.1) is 0 Å². The van der Waals surface area contributed by atoms with Crippen molar-refractivity contribution in [3.8, 4) is 0 Å². The Labute approximate surface area is 79.8 Å². The zero-order valence-electron chi connectivity index (χ0n) is 7.69. The Morgan fingerprint density at radius 3 is 3.07 bits per heavy atom. The van der Waals surface area contributed by atoms with Gasteiger partial charge in [-0.15, -0.1) is 0 Å². The zero-order valence-corrected chi connectivity index (χ0v) is 7.69. The van der Waals surface area contributed by atoms with E-state index in [1.54, 1.807) is 11.6 Å². The minimum absolute atomic E-state index is 0.123. The van der Waals surface area contributed by atoms with Crippen molar-refractivity contribution in [2.45, 2.75) is 0 Å². The number of aromatic nitrogens is 2. The Morgan fingerprint density at radius 1 is 1.57 bits per heavy atom. The van der Waals surface area contributed by atoms with E-state index in [4.69, 9.17) is 5.84 Å². The van der Waals surface area contributed by atoms with Crippen LogP contribution in [-0.4, -0.2) is 15.8 Å². The number of hydrogen-bond acceptors (Lipinski definition) is 3. The van der Waals surface area contributed by atoms with Gasteiger partial charge in [0.15, 0.2) is 0 Å². The summed E-state index contributed by atoms with van der Waals surface area (Å²) in [5.41, 5.74) is 2.39. The first-order chi connectivity index (χ1) is 6.72. The van der Waals surface area contributed by atoms with Crippen LogP contribution < -0.4 is 11.5 Å². The summed E-state index contributed by atoms with van der Waals surface area (Å²) in [4.78, 5) is 14.0. The normalized spacial score (nSPS) is 11.5. The van der Waals surface area contributed by atoms with E-state index in [2.05, 4.69) is 10.1 Å². The lowest BCUT2D eigenvalue weighted by atomic mass is 10.2. The molecular weight excluding hydrogens is 180 g/mol. The van der Waals surface area contributed by atoms with Crippen LogP contribution in [0.15, 0.2) is 28.1 Å². The molecule has 5 heteroatoms. The summed E-state index contributed by atoms with van der Waals surface area (Å²) >= 11 is 0. The zero-order chi connectivity index (χ0) is 10.1. The van der Waals surface area contributed by atoms with Crippen LogP contribution in [0.1, 0.15) is 5.56 Å². The molecule has 14 heavy (non-hydrogen) atoms. The number of imidazole rings is 1. The molecule has 0 saturated heterocycles. The molecule has 0 aliphatic rings. The molecule has 0 saturated carbocycles. The first-order valence-electron chi connectivity index (χ1n) is 4.14. The van der Waals surface area contributed by atoms with Gasteiger partial charge in [0.1, 0.15) is 0 Å². The fourth-order valence-corrected chi connectivity index (χ4v) is 1.42. The van der Waals surface area contributed by atoms with Gasteiger partial charge in [-0.1, -0.05) is 6.07 Å². The third-order valence-corrected chi connectivity index (χ3v) is 2.15.